The van der Waals surface area contributed by atoms with Gasteiger partial charge >= 0.3 is 5.97 Å². The lowest BCUT2D eigenvalue weighted by Crippen LogP contribution is -3.00. The van der Waals surface area contributed by atoms with E-state index < -0.39 is 0 Å². The Bertz CT molecular complexity index is 1120. The minimum Gasteiger partial charge on any atom is -1.00 e. The Kier molecular flexibility index (Phi) is 6.75. The highest BCUT2D eigenvalue weighted by atomic mass is 35.5. The molecular weight excluding hydrogens is 400 g/mol. The zero-order valence-electron chi connectivity index (χ0n) is 16.9. The van der Waals surface area contributed by atoms with Gasteiger partial charge < -0.3 is 27.3 Å². The summed E-state index contributed by atoms with van der Waals surface area (Å²) in [4.78, 5) is 12.8. The molecular formula is C24H25ClN2O3. The van der Waals surface area contributed by atoms with Gasteiger partial charge in [-0.05, 0) is 24.1 Å². The minimum absolute atomic E-state index is 0. The van der Waals surface area contributed by atoms with E-state index in [1.165, 1.54) is 0 Å². The second kappa shape index (κ2) is 9.28. The Morgan fingerprint density at radius 1 is 1.23 bits per heavy atom. The number of hydrogen-bond acceptors (Lipinski definition) is 4. The predicted molar refractivity (Wildman–Crippen MR) is 112 cm³/mol. The molecule has 0 saturated heterocycles. The first-order valence-corrected chi connectivity index (χ1v) is 9.97. The number of rotatable bonds is 5. The Morgan fingerprint density at radius 3 is 2.83 bits per heavy atom. The smallest absolute Gasteiger partial charge is 0.338 e. The number of unbranched alkanes of at least 4 members (excludes halogenated alkanes) is 1. The number of hydrogen-bond donors (Lipinski definition) is 2. The third kappa shape index (κ3) is 4.18. The summed E-state index contributed by atoms with van der Waals surface area (Å²) in [6, 6.07) is 13.0. The Balaban J connectivity index is 0.00000256. The van der Waals surface area contributed by atoms with Crippen molar-refractivity contribution in [2.24, 2.45) is 5.73 Å². The van der Waals surface area contributed by atoms with Crippen LogP contribution in [0.4, 0.5) is 0 Å². The molecule has 1 heterocycles. The molecule has 1 atom stereocenters. The molecule has 156 valence electrons. The van der Waals surface area contributed by atoms with Crippen LogP contribution in [-0.4, -0.2) is 18.6 Å². The quantitative estimate of drug-likeness (QED) is 0.429. The van der Waals surface area contributed by atoms with Crippen LogP contribution in [0.15, 0.2) is 53.0 Å². The van der Waals surface area contributed by atoms with Gasteiger partial charge in [0.25, 0.3) is 0 Å². The van der Waals surface area contributed by atoms with Gasteiger partial charge in [-0.2, -0.15) is 0 Å². The molecule has 4 rings (SSSR count). The van der Waals surface area contributed by atoms with Crippen LogP contribution in [0.1, 0.15) is 41.4 Å². The summed E-state index contributed by atoms with van der Waals surface area (Å²) in [7, 11) is 0. The highest BCUT2D eigenvalue weighted by molar-refractivity contribution is 6.01. The second-order valence-corrected chi connectivity index (χ2v) is 7.33. The van der Waals surface area contributed by atoms with E-state index >= 15 is 0 Å². The highest BCUT2D eigenvalue weighted by Crippen LogP contribution is 2.41. The molecule has 1 aromatic carbocycles. The molecule has 6 heteroatoms. The number of benzene rings is 2. The molecule has 1 aromatic rings. The van der Waals surface area contributed by atoms with Crippen LogP contribution in [0.25, 0.3) is 28.5 Å². The summed E-state index contributed by atoms with van der Waals surface area (Å²) < 4.78 is 11.7. The summed E-state index contributed by atoms with van der Waals surface area (Å²) in [6.07, 6.45) is 6.35. The summed E-state index contributed by atoms with van der Waals surface area (Å²) in [5.41, 5.74) is 10.2. The molecule has 3 aliphatic rings. The first kappa shape index (κ1) is 21.8. The molecule has 1 aliphatic heterocycles. The van der Waals surface area contributed by atoms with Crippen molar-refractivity contribution in [1.82, 2.24) is 0 Å². The first-order valence-electron chi connectivity index (χ1n) is 9.97. The van der Waals surface area contributed by atoms with Gasteiger partial charge in [0.2, 0.25) is 0 Å². The molecule has 0 aromatic heterocycles. The van der Waals surface area contributed by atoms with Gasteiger partial charge in [-0.3, -0.25) is 5.41 Å². The van der Waals surface area contributed by atoms with Crippen molar-refractivity contribution in [2.75, 3.05) is 6.61 Å². The lowest BCUT2D eigenvalue weighted by atomic mass is 9.86. The first-order chi connectivity index (χ1) is 14.1. The molecule has 4 N–H and O–H groups in total. The van der Waals surface area contributed by atoms with Crippen LogP contribution >= 0.6 is 0 Å². The molecule has 30 heavy (non-hydrogen) atoms. The van der Waals surface area contributed by atoms with E-state index in [9.17, 15) is 4.79 Å². The number of fused-ring (bicyclic) bond motifs is 2. The normalized spacial score (nSPS) is 14.8. The SMILES string of the molecule is CCCCOC(=O)c1ccccc1-c1c2ccc(=[NH2+])cc-2oc2c1C=CC(N)C2.[Cl-]. The maximum atomic E-state index is 12.8. The third-order valence-corrected chi connectivity index (χ3v) is 5.16. The van der Waals surface area contributed by atoms with E-state index in [0.717, 1.165) is 40.9 Å². The lowest BCUT2D eigenvalue weighted by molar-refractivity contribution is -0.172. The molecule has 0 spiro atoms. The molecule has 0 amide bonds. The van der Waals surface area contributed by atoms with Gasteiger partial charge in [-0.25, -0.2) is 4.79 Å². The van der Waals surface area contributed by atoms with Gasteiger partial charge in [0.05, 0.1) is 18.2 Å². The molecule has 2 aliphatic carbocycles. The monoisotopic (exact) mass is 424 g/mol. The molecule has 1 unspecified atom stereocenters. The Hall–Kier alpha value is -2.89. The zero-order chi connectivity index (χ0) is 20.4. The summed E-state index contributed by atoms with van der Waals surface area (Å²) in [5, 5.41) is 6.61. The van der Waals surface area contributed by atoms with E-state index in [4.69, 9.17) is 20.3 Å². The van der Waals surface area contributed by atoms with Crippen molar-refractivity contribution in [3.63, 3.8) is 0 Å². The molecule has 0 saturated carbocycles. The van der Waals surface area contributed by atoms with E-state index in [1.807, 2.05) is 54.6 Å². The molecule has 0 radical (unpaired) electrons. The Labute approximate surface area is 181 Å². The predicted octanol–water partition coefficient (Wildman–Crippen LogP) is -0.431. The number of carbonyl (C=O) groups excluding carboxylic acids is 1. The number of carbonyl (C=O) groups is 1. The van der Waals surface area contributed by atoms with E-state index in [1.54, 1.807) is 0 Å². The number of esters is 1. The summed E-state index contributed by atoms with van der Waals surface area (Å²) in [5.74, 6) is 1.15. The summed E-state index contributed by atoms with van der Waals surface area (Å²) >= 11 is 0. The fraction of sp³-hybridized carbons (Fsp3) is 0.250. The van der Waals surface area contributed by atoms with Crippen molar-refractivity contribution in [3.05, 3.63) is 70.8 Å². The van der Waals surface area contributed by atoms with Crippen molar-refractivity contribution in [3.8, 4) is 22.5 Å². The van der Waals surface area contributed by atoms with E-state index in [2.05, 4.69) is 6.92 Å². The van der Waals surface area contributed by atoms with Crippen molar-refractivity contribution in [2.45, 2.75) is 32.2 Å². The number of halogens is 1. The highest BCUT2D eigenvalue weighted by Gasteiger charge is 2.26. The van der Waals surface area contributed by atoms with Crippen molar-refractivity contribution >= 4 is 12.0 Å². The minimum atomic E-state index is -0.316. The fourth-order valence-corrected chi connectivity index (χ4v) is 3.69. The van der Waals surface area contributed by atoms with Crippen LogP contribution in [0.2, 0.25) is 0 Å². The maximum Gasteiger partial charge on any atom is 0.338 e. The van der Waals surface area contributed by atoms with Crippen LogP contribution in [0.5, 0.6) is 0 Å². The van der Waals surface area contributed by atoms with Crippen molar-refractivity contribution < 1.29 is 31.8 Å². The molecule has 0 bridgehead atoms. The zero-order valence-corrected chi connectivity index (χ0v) is 17.6. The van der Waals surface area contributed by atoms with Gasteiger partial charge in [-0.15, -0.1) is 0 Å². The topological polar surface area (TPSA) is 91.0 Å². The van der Waals surface area contributed by atoms with Crippen LogP contribution in [0.3, 0.4) is 0 Å². The van der Waals surface area contributed by atoms with Crippen molar-refractivity contribution in [1.29, 1.82) is 0 Å². The number of ether oxygens (including phenoxy) is 1. The fourth-order valence-electron chi connectivity index (χ4n) is 3.69. The van der Waals surface area contributed by atoms with Gasteiger partial charge in [0.1, 0.15) is 11.5 Å². The standard InChI is InChI=1S/C24H24N2O3.ClH/c1-2-3-12-28-24(27)18-7-5-4-6-17(18)23-19-10-8-15(25)13-21(19)29-22-14-16(26)9-11-20(22)23;/h4-11,13,16,25H,2-3,12,14,26H2,1H3;1H. The van der Waals surface area contributed by atoms with Crippen LogP contribution in [-0.2, 0) is 11.2 Å². The largest absolute Gasteiger partial charge is 1.00 e. The second-order valence-electron chi connectivity index (χ2n) is 7.33. The van der Waals surface area contributed by atoms with Crippen LogP contribution < -0.4 is 28.9 Å². The summed E-state index contributed by atoms with van der Waals surface area (Å²) in [6.45, 7) is 2.48. The molecule has 5 nitrogen and oxygen atoms in total. The maximum absolute atomic E-state index is 12.8. The number of nitrogens with two attached hydrogens (primary N) is 2. The van der Waals surface area contributed by atoms with E-state index in [0.29, 0.717) is 29.7 Å². The van der Waals surface area contributed by atoms with Crippen LogP contribution in [0, 0.1) is 0 Å². The lowest BCUT2D eigenvalue weighted by Gasteiger charge is -2.23. The Morgan fingerprint density at radius 2 is 2.03 bits per heavy atom. The average molecular weight is 425 g/mol. The van der Waals surface area contributed by atoms with Gasteiger partial charge in [-0.1, -0.05) is 43.7 Å². The third-order valence-electron chi connectivity index (χ3n) is 5.16. The molecule has 0 fully saturated rings. The van der Waals surface area contributed by atoms with Gasteiger partial charge in [0.15, 0.2) is 5.36 Å². The van der Waals surface area contributed by atoms with E-state index in [-0.39, 0.29) is 24.4 Å². The van der Waals surface area contributed by atoms with Gasteiger partial charge in [0, 0.05) is 35.2 Å². The average Bonchev–Trinajstić information content (AvgIpc) is 2.72.